The zero-order valence-corrected chi connectivity index (χ0v) is 8.98. The van der Waals surface area contributed by atoms with Gasteiger partial charge in [0.2, 0.25) is 0 Å². The van der Waals surface area contributed by atoms with Gasteiger partial charge >= 0.3 is 0 Å². The zero-order valence-electron chi connectivity index (χ0n) is 8.16. The molecular weight excluding hydrogens is 214 g/mol. The maximum atomic E-state index is 11.6. The Hall–Kier alpha value is -1.38. The molecule has 0 heterocycles. The molecule has 1 aromatic rings. The second-order valence-electron chi connectivity index (χ2n) is 3.12. The van der Waals surface area contributed by atoms with Gasteiger partial charge in [-0.2, -0.15) is 5.26 Å². The van der Waals surface area contributed by atoms with E-state index in [1.165, 1.54) is 19.1 Å². The van der Waals surface area contributed by atoms with E-state index in [0.717, 1.165) is 0 Å². The molecule has 2 unspecified atom stereocenters. The first-order chi connectivity index (χ1) is 7.00. The second kappa shape index (κ2) is 4.43. The number of benzene rings is 1. The molecule has 0 aromatic heterocycles. The lowest BCUT2D eigenvalue weighted by Gasteiger charge is -2.13. The van der Waals surface area contributed by atoms with Crippen molar-refractivity contribution >= 4 is 9.84 Å². The summed E-state index contributed by atoms with van der Waals surface area (Å²) in [6.07, 6.45) is 0. The fraction of sp³-hybridized carbons (Fsp3) is 0.300. The van der Waals surface area contributed by atoms with Crippen molar-refractivity contribution in [1.29, 1.82) is 5.26 Å². The minimum atomic E-state index is -3.85. The monoisotopic (exact) mass is 225 g/mol. The number of hydrogen-bond donors (Lipinski definition) is 1. The Kier molecular flexibility index (Phi) is 3.45. The summed E-state index contributed by atoms with van der Waals surface area (Å²) in [5.41, 5.74) is -1.35. The summed E-state index contributed by atoms with van der Waals surface area (Å²) in [6, 6.07) is 9.60. The molecule has 1 N–H and O–H groups in total. The van der Waals surface area contributed by atoms with Gasteiger partial charge in [-0.1, -0.05) is 30.3 Å². The van der Waals surface area contributed by atoms with Gasteiger partial charge in [0, 0.05) is 0 Å². The van der Waals surface area contributed by atoms with Crippen LogP contribution in [0.15, 0.2) is 30.3 Å². The zero-order chi connectivity index (χ0) is 11.5. The highest BCUT2D eigenvalue weighted by Crippen LogP contribution is 2.22. The number of nitrogens with zero attached hydrogens (tertiary/aromatic N) is 1. The van der Waals surface area contributed by atoms with Crippen LogP contribution in [0.5, 0.6) is 0 Å². The third-order valence-corrected chi connectivity index (χ3v) is 4.06. The molecule has 0 saturated carbocycles. The molecule has 0 aliphatic carbocycles. The van der Waals surface area contributed by atoms with Crippen LogP contribution in [-0.2, 0) is 9.84 Å². The molecule has 4 nitrogen and oxygen atoms in total. The van der Waals surface area contributed by atoms with Gasteiger partial charge in [0.1, 0.15) is 5.25 Å². The van der Waals surface area contributed by atoms with Gasteiger partial charge in [-0.3, -0.25) is 0 Å². The van der Waals surface area contributed by atoms with Gasteiger partial charge in [-0.25, -0.2) is 8.42 Å². The van der Waals surface area contributed by atoms with Crippen LogP contribution in [0.25, 0.3) is 0 Å². The van der Waals surface area contributed by atoms with Crippen LogP contribution < -0.4 is 0 Å². The SMILES string of the molecule is CC(C#N)S(=O)(=O)C(O)c1ccccc1. The summed E-state index contributed by atoms with van der Waals surface area (Å²) in [6.45, 7) is 1.25. The quantitative estimate of drug-likeness (QED) is 0.832. The van der Waals surface area contributed by atoms with Crippen LogP contribution in [0.3, 0.4) is 0 Å². The smallest absolute Gasteiger partial charge is 0.197 e. The van der Waals surface area contributed by atoms with E-state index in [4.69, 9.17) is 5.26 Å². The number of nitriles is 1. The van der Waals surface area contributed by atoms with E-state index in [0.29, 0.717) is 0 Å². The maximum absolute atomic E-state index is 11.6. The fourth-order valence-corrected chi connectivity index (χ4v) is 2.14. The third-order valence-electron chi connectivity index (χ3n) is 2.07. The minimum Gasteiger partial charge on any atom is -0.373 e. The van der Waals surface area contributed by atoms with E-state index >= 15 is 0 Å². The average molecular weight is 225 g/mol. The predicted molar refractivity (Wildman–Crippen MR) is 55.4 cm³/mol. The van der Waals surface area contributed by atoms with E-state index in [2.05, 4.69) is 0 Å². The molecular formula is C10H11NO3S. The maximum Gasteiger partial charge on any atom is 0.197 e. The molecule has 0 saturated heterocycles. The average Bonchev–Trinajstić information content (AvgIpc) is 2.28. The van der Waals surface area contributed by atoms with Crippen molar-refractivity contribution in [2.75, 3.05) is 0 Å². The molecule has 0 aliphatic heterocycles. The summed E-state index contributed by atoms with van der Waals surface area (Å²) in [5, 5.41) is 16.9. The molecule has 5 heteroatoms. The third kappa shape index (κ3) is 2.35. The van der Waals surface area contributed by atoms with Crippen LogP contribution >= 0.6 is 0 Å². The van der Waals surface area contributed by atoms with Crippen LogP contribution in [0.4, 0.5) is 0 Å². The molecule has 0 aliphatic rings. The number of rotatable bonds is 3. The first-order valence-electron chi connectivity index (χ1n) is 4.35. The summed E-state index contributed by atoms with van der Waals surface area (Å²) >= 11 is 0. The molecule has 0 spiro atoms. The van der Waals surface area contributed by atoms with Crippen LogP contribution in [0.2, 0.25) is 0 Å². The van der Waals surface area contributed by atoms with E-state index in [1.54, 1.807) is 24.3 Å². The molecule has 1 rings (SSSR count). The Morgan fingerprint density at radius 3 is 2.33 bits per heavy atom. The Morgan fingerprint density at radius 2 is 1.87 bits per heavy atom. The standard InChI is InChI=1S/C10H11NO3S/c1-8(7-11)15(13,14)10(12)9-5-3-2-4-6-9/h2-6,8,10,12H,1H3. The normalized spacial score (nSPS) is 15.3. The molecule has 0 bridgehead atoms. The van der Waals surface area contributed by atoms with Gasteiger partial charge in [-0.05, 0) is 12.5 Å². The van der Waals surface area contributed by atoms with Crippen molar-refractivity contribution < 1.29 is 13.5 Å². The van der Waals surface area contributed by atoms with E-state index in [1.807, 2.05) is 0 Å². The van der Waals surface area contributed by atoms with Crippen molar-refractivity contribution in [3.8, 4) is 6.07 Å². The van der Waals surface area contributed by atoms with Gasteiger partial charge < -0.3 is 5.11 Å². The lowest BCUT2D eigenvalue weighted by atomic mass is 10.2. The minimum absolute atomic E-state index is 0.277. The largest absolute Gasteiger partial charge is 0.373 e. The van der Waals surface area contributed by atoms with E-state index in [9.17, 15) is 13.5 Å². The Morgan fingerprint density at radius 1 is 1.33 bits per heavy atom. The van der Waals surface area contributed by atoms with Crippen molar-refractivity contribution in [2.24, 2.45) is 0 Å². The number of hydrogen-bond acceptors (Lipinski definition) is 4. The summed E-state index contributed by atoms with van der Waals surface area (Å²) in [7, 11) is -3.85. The lowest BCUT2D eigenvalue weighted by Crippen LogP contribution is -2.23. The van der Waals surface area contributed by atoms with Gasteiger partial charge in [0.05, 0.1) is 6.07 Å². The van der Waals surface area contributed by atoms with Crippen LogP contribution in [0, 0.1) is 11.3 Å². The van der Waals surface area contributed by atoms with Crippen molar-refractivity contribution in [1.82, 2.24) is 0 Å². The topological polar surface area (TPSA) is 78.2 Å². The molecule has 15 heavy (non-hydrogen) atoms. The Labute approximate surface area is 88.7 Å². The number of sulfone groups is 1. The first-order valence-corrected chi connectivity index (χ1v) is 5.96. The van der Waals surface area contributed by atoms with Crippen molar-refractivity contribution in [2.45, 2.75) is 17.6 Å². The van der Waals surface area contributed by atoms with Gasteiger partial charge in [0.25, 0.3) is 0 Å². The van der Waals surface area contributed by atoms with Crippen molar-refractivity contribution in [3.63, 3.8) is 0 Å². The van der Waals surface area contributed by atoms with Gasteiger partial charge in [0.15, 0.2) is 15.3 Å². The Balaban J connectivity index is 3.07. The number of aliphatic hydroxyl groups is 1. The molecule has 0 radical (unpaired) electrons. The van der Waals surface area contributed by atoms with Gasteiger partial charge in [-0.15, -0.1) is 0 Å². The molecule has 1 aromatic carbocycles. The van der Waals surface area contributed by atoms with Crippen molar-refractivity contribution in [3.05, 3.63) is 35.9 Å². The van der Waals surface area contributed by atoms with E-state index in [-0.39, 0.29) is 5.56 Å². The summed E-state index contributed by atoms with van der Waals surface area (Å²) in [4.78, 5) is 0. The Bertz CT molecular complexity index is 461. The fourth-order valence-electron chi connectivity index (χ4n) is 1.07. The summed E-state index contributed by atoms with van der Waals surface area (Å²) in [5.74, 6) is 0. The second-order valence-corrected chi connectivity index (χ2v) is 5.46. The highest BCUT2D eigenvalue weighted by molar-refractivity contribution is 7.92. The number of aliphatic hydroxyl groups excluding tert-OH is 1. The highest BCUT2D eigenvalue weighted by atomic mass is 32.2. The molecule has 2 atom stereocenters. The summed E-state index contributed by atoms with van der Waals surface area (Å²) < 4.78 is 23.2. The molecule has 0 fully saturated rings. The van der Waals surface area contributed by atoms with Crippen LogP contribution in [0.1, 0.15) is 17.9 Å². The highest BCUT2D eigenvalue weighted by Gasteiger charge is 2.30. The van der Waals surface area contributed by atoms with Crippen LogP contribution in [-0.4, -0.2) is 18.8 Å². The molecule has 80 valence electrons. The molecule has 0 amide bonds. The lowest BCUT2D eigenvalue weighted by molar-refractivity contribution is 0.254. The predicted octanol–water partition coefficient (Wildman–Crippen LogP) is 1.00. The first kappa shape index (κ1) is 11.7. The van der Waals surface area contributed by atoms with E-state index < -0.39 is 20.5 Å².